The van der Waals surface area contributed by atoms with Crippen molar-refractivity contribution in [1.29, 1.82) is 0 Å². The zero-order valence-electron chi connectivity index (χ0n) is 12.1. The van der Waals surface area contributed by atoms with Gasteiger partial charge < -0.3 is 15.3 Å². The second-order valence-electron chi connectivity index (χ2n) is 4.73. The summed E-state index contributed by atoms with van der Waals surface area (Å²) in [4.78, 5) is 28.5. The molecule has 0 bridgehead atoms. The molecule has 0 fully saturated rings. The standard InChI is InChI=1S/C14H21N3O3/c1-4-10(2)17(3)8-7-15-13(18)12-6-5-11(9-16-12)14(19)20/h5-6,9-10H,4,7-8H2,1-3H3,(H,15,18)(H,19,20). The average molecular weight is 279 g/mol. The third kappa shape index (κ3) is 4.62. The molecule has 0 saturated carbocycles. The van der Waals surface area contributed by atoms with Gasteiger partial charge in [0.05, 0.1) is 5.56 Å². The number of likely N-dealkylation sites (N-methyl/N-ethyl adjacent to an activating group) is 1. The lowest BCUT2D eigenvalue weighted by molar-refractivity contribution is 0.0695. The number of nitrogens with one attached hydrogen (secondary N) is 1. The fourth-order valence-corrected chi connectivity index (χ4v) is 1.62. The van der Waals surface area contributed by atoms with Crippen molar-refractivity contribution in [1.82, 2.24) is 15.2 Å². The highest BCUT2D eigenvalue weighted by Gasteiger charge is 2.10. The summed E-state index contributed by atoms with van der Waals surface area (Å²) in [5.41, 5.74) is 0.291. The predicted molar refractivity (Wildman–Crippen MR) is 75.9 cm³/mol. The minimum Gasteiger partial charge on any atom is -0.478 e. The van der Waals surface area contributed by atoms with Gasteiger partial charge in [-0.25, -0.2) is 4.79 Å². The molecule has 6 heteroatoms. The van der Waals surface area contributed by atoms with E-state index in [1.807, 2.05) is 7.05 Å². The highest BCUT2D eigenvalue weighted by Crippen LogP contribution is 2.01. The molecule has 2 N–H and O–H groups in total. The second kappa shape index (κ2) is 7.59. The molecular formula is C14H21N3O3. The van der Waals surface area contributed by atoms with Crippen LogP contribution >= 0.6 is 0 Å². The van der Waals surface area contributed by atoms with Crippen LogP contribution in [-0.2, 0) is 0 Å². The monoisotopic (exact) mass is 279 g/mol. The Labute approximate surface area is 118 Å². The van der Waals surface area contributed by atoms with Gasteiger partial charge in [-0.2, -0.15) is 0 Å². The van der Waals surface area contributed by atoms with Crippen LogP contribution in [0.4, 0.5) is 0 Å². The number of pyridine rings is 1. The first-order chi connectivity index (χ1) is 9.45. The van der Waals surface area contributed by atoms with E-state index in [0.717, 1.165) is 13.0 Å². The van der Waals surface area contributed by atoms with E-state index in [9.17, 15) is 9.59 Å². The maximum atomic E-state index is 11.8. The molecule has 1 heterocycles. The fourth-order valence-electron chi connectivity index (χ4n) is 1.62. The van der Waals surface area contributed by atoms with Crippen LogP contribution < -0.4 is 5.32 Å². The third-order valence-electron chi connectivity index (χ3n) is 3.34. The molecule has 0 aliphatic rings. The maximum absolute atomic E-state index is 11.8. The molecule has 1 rings (SSSR count). The van der Waals surface area contributed by atoms with Gasteiger partial charge in [-0.15, -0.1) is 0 Å². The molecule has 1 unspecified atom stereocenters. The van der Waals surface area contributed by atoms with Crippen molar-refractivity contribution >= 4 is 11.9 Å². The first-order valence-electron chi connectivity index (χ1n) is 6.63. The van der Waals surface area contributed by atoms with Crippen molar-refractivity contribution in [2.45, 2.75) is 26.3 Å². The molecule has 1 atom stereocenters. The molecule has 1 aromatic rings. The number of aromatic nitrogens is 1. The van der Waals surface area contributed by atoms with Crippen molar-refractivity contribution < 1.29 is 14.7 Å². The highest BCUT2D eigenvalue weighted by molar-refractivity contribution is 5.93. The van der Waals surface area contributed by atoms with Crippen molar-refractivity contribution in [2.24, 2.45) is 0 Å². The quantitative estimate of drug-likeness (QED) is 0.784. The number of carboxylic acids is 1. The largest absolute Gasteiger partial charge is 0.478 e. The Kier molecular flexibility index (Phi) is 6.11. The smallest absolute Gasteiger partial charge is 0.337 e. The average Bonchev–Trinajstić information content (AvgIpc) is 2.46. The van der Waals surface area contributed by atoms with E-state index >= 15 is 0 Å². The molecule has 0 spiro atoms. The van der Waals surface area contributed by atoms with E-state index in [1.54, 1.807) is 0 Å². The van der Waals surface area contributed by atoms with Crippen LogP contribution in [0.1, 0.15) is 41.1 Å². The second-order valence-corrected chi connectivity index (χ2v) is 4.73. The summed E-state index contributed by atoms with van der Waals surface area (Å²) in [6.45, 7) is 5.54. The van der Waals surface area contributed by atoms with Gasteiger partial charge in [0.15, 0.2) is 0 Å². The normalized spacial score (nSPS) is 12.2. The van der Waals surface area contributed by atoms with Gasteiger partial charge >= 0.3 is 5.97 Å². The molecule has 0 saturated heterocycles. The number of nitrogens with zero attached hydrogens (tertiary/aromatic N) is 2. The predicted octanol–water partition coefficient (Wildman–Crippen LogP) is 1.24. The van der Waals surface area contributed by atoms with Gasteiger partial charge in [0.2, 0.25) is 0 Å². The first-order valence-corrected chi connectivity index (χ1v) is 6.63. The van der Waals surface area contributed by atoms with Crippen LogP contribution in [0.15, 0.2) is 18.3 Å². The summed E-state index contributed by atoms with van der Waals surface area (Å²) in [6, 6.07) is 3.26. The van der Waals surface area contributed by atoms with Crippen molar-refractivity contribution in [3.05, 3.63) is 29.6 Å². The summed E-state index contributed by atoms with van der Waals surface area (Å²) in [6.07, 6.45) is 2.24. The number of carbonyl (C=O) groups excluding carboxylic acids is 1. The highest BCUT2D eigenvalue weighted by atomic mass is 16.4. The summed E-state index contributed by atoms with van der Waals surface area (Å²) < 4.78 is 0. The maximum Gasteiger partial charge on any atom is 0.337 e. The number of aromatic carboxylic acids is 1. The summed E-state index contributed by atoms with van der Waals surface area (Å²) in [5, 5.41) is 11.5. The van der Waals surface area contributed by atoms with Crippen LogP contribution in [0.3, 0.4) is 0 Å². The van der Waals surface area contributed by atoms with Gasteiger partial charge in [-0.05, 0) is 32.5 Å². The molecule has 0 aromatic carbocycles. The lowest BCUT2D eigenvalue weighted by Crippen LogP contribution is -2.37. The van der Waals surface area contributed by atoms with Gasteiger partial charge in [-0.3, -0.25) is 9.78 Å². The van der Waals surface area contributed by atoms with Crippen molar-refractivity contribution in [2.75, 3.05) is 20.1 Å². The molecule has 0 radical (unpaired) electrons. The SMILES string of the molecule is CCC(C)N(C)CCNC(=O)c1ccc(C(=O)O)cn1. The van der Waals surface area contributed by atoms with Gasteiger partial charge in [0.1, 0.15) is 5.69 Å². The molecule has 0 aliphatic carbocycles. The Morgan fingerprint density at radius 2 is 2.15 bits per heavy atom. The first kappa shape index (κ1) is 16.1. The van der Waals surface area contributed by atoms with E-state index in [4.69, 9.17) is 5.11 Å². The number of hydrogen-bond acceptors (Lipinski definition) is 4. The van der Waals surface area contributed by atoms with E-state index in [1.165, 1.54) is 18.3 Å². The van der Waals surface area contributed by atoms with Gasteiger partial charge in [-0.1, -0.05) is 6.92 Å². The van der Waals surface area contributed by atoms with E-state index in [0.29, 0.717) is 12.6 Å². The Morgan fingerprint density at radius 1 is 1.45 bits per heavy atom. The molecule has 6 nitrogen and oxygen atoms in total. The molecule has 20 heavy (non-hydrogen) atoms. The Hall–Kier alpha value is -1.95. The minimum atomic E-state index is -1.06. The van der Waals surface area contributed by atoms with Crippen molar-refractivity contribution in [3.63, 3.8) is 0 Å². The number of hydrogen-bond donors (Lipinski definition) is 2. The van der Waals surface area contributed by atoms with Crippen LogP contribution in [0, 0.1) is 0 Å². The molecule has 1 amide bonds. The third-order valence-corrected chi connectivity index (χ3v) is 3.34. The zero-order valence-corrected chi connectivity index (χ0v) is 12.1. The van der Waals surface area contributed by atoms with Crippen molar-refractivity contribution in [3.8, 4) is 0 Å². The van der Waals surface area contributed by atoms with Crippen LogP contribution in [-0.4, -0.2) is 53.0 Å². The Morgan fingerprint density at radius 3 is 2.65 bits per heavy atom. The van der Waals surface area contributed by atoms with E-state index < -0.39 is 5.97 Å². The van der Waals surface area contributed by atoms with Gasteiger partial charge in [0.25, 0.3) is 5.91 Å². The zero-order chi connectivity index (χ0) is 15.1. The number of rotatable bonds is 7. The van der Waals surface area contributed by atoms with Crippen LogP contribution in [0.25, 0.3) is 0 Å². The van der Waals surface area contributed by atoms with E-state index in [-0.39, 0.29) is 17.2 Å². The molecule has 110 valence electrons. The van der Waals surface area contributed by atoms with E-state index in [2.05, 4.69) is 29.0 Å². The molecular weight excluding hydrogens is 258 g/mol. The fraction of sp³-hybridized carbons (Fsp3) is 0.500. The molecule has 0 aliphatic heterocycles. The summed E-state index contributed by atoms with van der Waals surface area (Å²) >= 11 is 0. The number of amides is 1. The van der Waals surface area contributed by atoms with Gasteiger partial charge in [0, 0.05) is 25.3 Å². The Balaban J connectivity index is 2.45. The molecule has 1 aromatic heterocycles. The Bertz CT molecular complexity index is 459. The lowest BCUT2D eigenvalue weighted by Gasteiger charge is -2.23. The van der Waals surface area contributed by atoms with Crippen LogP contribution in [0.2, 0.25) is 0 Å². The number of carbonyl (C=O) groups is 2. The summed E-state index contributed by atoms with van der Waals surface area (Å²) in [7, 11) is 2.01. The summed E-state index contributed by atoms with van der Waals surface area (Å²) in [5.74, 6) is -1.35. The minimum absolute atomic E-state index is 0.0676. The topological polar surface area (TPSA) is 82.5 Å². The number of carboxylic acid groups (broad SMARTS) is 1. The lowest BCUT2D eigenvalue weighted by atomic mass is 10.2. The van der Waals surface area contributed by atoms with Crippen LogP contribution in [0.5, 0.6) is 0 Å².